The molecule has 108 heavy (non-hydrogen) atoms. The summed E-state index contributed by atoms with van der Waals surface area (Å²) in [4.78, 5) is 63.2. The van der Waals surface area contributed by atoms with Crippen molar-refractivity contribution in [2.75, 3.05) is 0 Å². The first-order chi connectivity index (χ1) is 52.4. The third-order valence-corrected chi connectivity index (χ3v) is 14.3. The quantitative estimate of drug-likeness (QED) is 0.0198. The molecule has 0 saturated carbocycles. The first-order valence-corrected chi connectivity index (χ1v) is 32.2. The van der Waals surface area contributed by atoms with Crippen LogP contribution in [-0.4, -0.2) is 118 Å². The SMILES string of the molecule is O=C(O)c1ccc(/C=[N+](\[O-])c2ccccc2)cc1.O=C(O)c1cccc(/C=[N+](\[O-])c2ccccc2)c1.O=C(O)c1ccccc1/[N+]([O-])=C/c1ccccc1.O=COc1ccc(/[N+]([O-])=C/c2ccccc2)cc1.O=COc1cccc(/[N+]([O-])=C/c2ccccc2)c1.O=COc1ccccc1/C=[N+](\[O-])c1ccccc1. The molecular formula is C84H66N6O18. The van der Waals surface area contributed by atoms with Crippen LogP contribution in [-0.2, 0) is 14.4 Å². The van der Waals surface area contributed by atoms with Gasteiger partial charge in [-0.05, 0) is 115 Å². The summed E-state index contributed by atoms with van der Waals surface area (Å²) in [5.41, 5.74) is 6.95. The Morgan fingerprint density at radius 2 is 0.620 bits per heavy atom. The highest BCUT2D eigenvalue weighted by atomic mass is 16.5. The fourth-order valence-electron chi connectivity index (χ4n) is 9.12. The van der Waals surface area contributed by atoms with Gasteiger partial charge >= 0.3 is 17.9 Å². The molecule has 3 N–H and O–H groups in total. The lowest BCUT2D eigenvalue weighted by Crippen LogP contribution is -2.05. The third kappa shape index (κ3) is 27.0. The first-order valence-electron chi connectivity index (χ1n) is 32.2. The molecule has 12 aromatic rings. The molecule has 0 heterocycles. The Hall–Kier alpha value is -15.7. The van der Waals surface area contributed by atoms with Crippen molar-refractivity contribution in [2.24, 2.45) is 0 Å². The number of carboxylic acids is 3. The number of carbonyl (C=O) groups is 6. The molecule has 0 amide bonds. The minimum absolute atomic E-state index is 0.0142. The lowest BCUT2D eigenvalue weighted by atomic mass is 10.1. The lowest BCUT2D eigenvalue weighted by molar-refractivity contribution is -0.354. The van der Waals surface area contributed by atoms with Gasteiger partial charge in [0.15, 0.2) is 37.3 Å². The third-order valence-electron chi connectivity index (χ3n) is 14.3. The van der Waals surface area contributed by atoms with Crippen molar-refractivity contribution in [3.63, 3.8) is 0 Å². The topological polar surface area (TPSA) is 347 Å². The summed E-state index contributed by atoms with van der Waals surface area (Å²) in [7, 11) is 0. The molecule has 24 heteroatoms. The molecule has 0 fully saturated rings. The number of benzene rings is 12. The van der Waals surface area contributed by atoms with Crippen LogP contribution in [0.3, 0.4) is 0 Å². The van der Waals surface area contributed by atoms with E-state index in [4.69, 9.17) is 20.1 Å². The average molecular weight is 1450 g/mol. The number of rotatable bonds is 21. The van der Waals surface area contributed by atoms with Gasteiger partial charge < -0.3 is 60.8 Å². The number of aromatic carboxylic acids is 3. The second kappa shape index (κ2) is 43.2. The van der Waals surface area contributed by atoms with Crippen LogP contribution in [0.4, 0.5) is 34.1 Å². The van der Waals surface area contributed by atoms with E-state index in [0.29, 0.717) is 96.8 Å². The minimum Gasteiger partial charge on any atom is -0.618 e. The van der Waals surface area contributed by atoms with Crippen LogP contribution in [0.25, 0.3) is 0 Å². The van der Waals surface area contributed by atoms with E-state index in [1.807, 2.05) is 97.1 Å². The fraction of sp³-hybridized carbons (Fsp3) is 0. The summed E-state index contributed by atoms with van der Waals surface area (Å²) in [5.74, 6) is -2.02. The summed E-state index contributed by atoms with van der Waals surface area (Å²) in [5, 5.41) is 97.7. The van der Waals surface area contributed by atoms with Crippen molar-refractivity contribution in [3.8, 4) is 17.2 Å². The Balaban J connectivity index is 0.000000180. The predicted molar refractivity (Wildman–Crippen MR) is 409 cm³/mol. The van der Waals surface area contributed by atoms with E-state index in [9.17, 15) is 60.0 Å². The molecule has 0 radical (unpaired) electrons. The molecule has 0 bridgehead atoms. The van der Waals surface area contributed by atoms with Gasteiger partial charge in [-0.15, -0.1) is 0 Å². The van der Waals surface area contributed by atoms with Crippen LogP contribution in [0.1, 0.15) is 64.5 Å². The van der Waals surface area contributed by atoms with E-state index in [1.165, 1.54) is 79.8 Å². The van der Waals surface area contributed by atoms with E-state index in [0.717, 1.165) is 30.1 Å². The number of ether oxygens (including phenoxy) is 3. The second-order valence-electron chi connectivity index (χ2n) is 21.8. The number of carboxylic acid groups (broad SMARTS) is 3. The van der Waals surface area contributed by atoms with Gasteiger partial charge in [0.2, 0.25) is 34.1 Å². The Labute approximate surface area is 618 Å². The van der Waals surface area contributed by atoms with Gasteiger partial charge in [-0.3, -0.25) is 14.4 Å². The molecule has 540 valence electrons. The molecule has 0 aliphatic carbocycles. The average Bonchev–Trinajstić information content (AvgIpc) is 0.858. The lowest BCUT2D eigenvalue weighted by Gasteiger charge is -2.05. The Morgan fingerprint density at radius 3 is 1.08 bits per heavy atom. The Kier molecular flexibility index (Phi) is 31.8. The highest BCUT2D eigenvalue weighted by Crippen LogP contribution is 2.22. The zero-order valence-corrected chi connectivity index (χ0v) is 57.0. The molecule has 0 aromatic heterocycles. The van der Waals surface area contributed by atoms with Crippen molar-refractivity contribution in [1.29, 1.82) is 0 Å². The maximum atomic E-state index is 11.9. The van der Waals surface area contributed by atoms with Crippen molar-refractivity contribution >= 4 is 109 Å². The molecule has 24 nitrogen and oxygen atoms in total. The molecule has 12 rings (SSSR count). The van der Waals surface area contributed by atoms with Gasteiger partial charge in [0.1, 0.15) is 22.8 Å². The number of para-hydroxylation sites is 5. The van der Waals surface area contributed by atoms with Crippen molar-refractivity contribution in [1.82, 2.24) is 0 Å². The van der Waals surface area contributed by atoms with E-state index >= 15 is 0 Å². The monoisotopic (exact) mass is 1450 g/mol. The van der Waals surface area contributed by atoms with Crippen LogP contribution in [0.5, 0.6) is 17.2 Å². The van der Waals surface area contributed by atoms with E-state index in [1.54, 1.807) is 188 Å². The summed E-state index contributed by atoms with van der Waals surface area (Å²) >= 11 is 0. The van der Waals surface area contributed by atoms with Gasteiger partial charge in [-0.1, -0.05) is 146 Å². The zero-order valence-electron chi connectivity index (χ0n) is 57.0. The molecule has 0 aliphatic rings. The summed E-state index contributed by atoms with van der Waals surface area (Å²) in [6, 6.07) is 91.8. The van der Waals surface area contributed by atoms with E-state index < -0.39 is 17.9 Å². The van der Waals surface area contributed by atoms with Gasteiger partial charge in [0.05, 0.1) is 22.8 Å². The number of nitrogens with zero attached hydrogens (tertiary/aromatic N) is 6. The fourth-order valence-corrected chi connectivity index (χ4v) is 9.12. The summed E-state index contributed by atoms with van der Waals surface area (Å²) < 4.78 is 18.4. The molecule has 0 unspecified atom stereocenters. The van der Waals surface area contributed by atoms with Crippen LogP contribution < -0.4 is 14.2 Å². The van der Waals surface area contributed by atoms with Crippen molar-refractivity contribution in [3.05, 3.63) is 409 Å². The van der Waals surface area contributed by atoms with Crippen molar-refractivity contribution < 1.29 is 86.7 Å². The van der Waals surface area contributed by atoms with Gasteiger partial charge in [0, 0.05) is 88.5 Å². The van der Waals surface area contributed by atoms with Gasteiger partial charge in [-0.25, -0.2) is 14.4 Å². The minimum atomic E-state index is -1.12. The Morgan fingerprint density at radius 1 is 0.269 bits per heavy atom. The zero-order chi connectivity index (χ0) is 77.3. The van der Waals surface area contributed by atoms with Crippen LogP contribution in [0.15, 0.2) is 328 Å². The second-order valence-corrected chi connectivity index (χ2v) is 21.8. The number of hydrogen-bond acceptors (Lipinski definition) is 15. The van der Waals surface area contributed by atoms with Crippen LogP contribution in [0.2, 0.25) is 0 Å². The van der Waals surface area contributed by atoms with E-state index in [2.05, 4.69) is 9.47 Å². The predicted octanol–water partition coefficient (Wildman–Crippen LogP) is 15.4. The molecule has 12 aromatic carbocycles. The normalized spacial score (nSPS) is 11.1. The molecule has 0 spiro atoms. The van der Waals surface area contributed by atoms with Crippen LogP contribution >= 0.6 is 0 Å². The van der Waals surface area contributed by atoms with E-state index in [-0.39, 0.29) is 22.4 Å². The Bertz CT molecular complexity index is 5090. The number of hydrogen-bond donors (Lipinski definition) is 3. The maximum Gasteiger partial charge on any atom is 0.342 e. The van der Waals surface area contributed by atoms with Crippen LogP contribution in [0, 0.1) is 31.2 Å². The molecule has 0 atom stereocenters. The summed E-state index contributed by atoms with van der Waals surface area (Å²) in [6.07, 6.45) is 8.41. The maximum absolute atomic E-state index is 11.9. The van der Waals surface area contributed by atoms with Gasteiger partial charge in [-0.2, -0.15) is 28.4 Å². The molecular weight excluding hydrogens is 1380 g/mol. The highest BCUT2D eigenvalue weighted by Gasteiger charge is 2.16. The molecule has 0 saturated heterocycles. The number of carbonyl (C=O) groups excluding carboxylic acids is 3. The standard InChI is InChI=1S/6C14H11NO3/c16-14(17)12-6-4-5-11(9-12)10-15(18)13-7-2-1-3-8-13;16-11-18-14-9-5-4-6-12(14)10-15(17)13-7-2-1-3-8-13;16-14(17)12-8-4-5-9-13(12)15(18)10-11-6-2-1-3-7-11;16-11-18-14-8-4-7-13(9-14)15(17)10-12-5-2-1-3-6-12;16-11-18-14-8-6-13(7-9-14)15(17)10-12-4-2-1-3-5-12;16-14(17)12-8-6-11(7-9-12)10-15(18)13-4-2-1-3-5-13/h1-10H,(H,16,17);1-11H;1-10H,(H,16,17);2*1-11H;1-10H,(H,16,17)/b6*15-10-. The highest BCUT2D eigenvalue weighted by molar-refractivity contribution is 5.93. The first kappa shape index (κ1) is 79.6. The summed E-state index contributed by atoms with van der Waals surface area (Å²) in [6.45, 7) is 1.01. The van der Waals surface area contributed by atoms with Gasteiger partial charge in [0.25, 0.3) is 19.4 Å². The smallest absolute Gasteiger partial charge is 0.342 e. The molecule has 0 aliphatic heterocycles. The largest absolute Gasteiger partial charge is 0.618 e. The van der Waals surface area contributed by atoms with Crippen molar-refractivity contribution in [2.45, 2.75) is 0 Å².